The number of primary sulfonamides is 1. The molecular formula is C12H14ClFN2O3S. The Bertz CT molecular complexity index is 657. The molecule has 0 aromatic heterocycles. The lowest BCUT2D eigenvalue weighted by Crippen LogP contribution is -2.43. The molecule has 0 heterocycles. The van der Waals surface area contributed by atoms with Gasteiger partial charge in [-0.15, -0.1) is 0 Å². The average Bonchev–Trinajstić information content (AvgIpc) is 2.28. The van der Waals surface area contributed by atoms with Gasteiger partial charge in [0.05, 0.1) is 15.5 Å². The van der Waals surface area contributed by atoms with Crippen LogP contribution < -0.4 is 10.5 Å². The molecule has 1 fully saturated rings. The Morgan fingerprint density at radius 2 is 2.05 bits per heavy atom. The molecule has 1 saturated carbocycles. The monoisotopic (exact) mass is 320 g/mol. The van der Waals surface area contributed by atoms with Crippen LogP contribution in [0.3, 0.4) is 0 Å². The number of nitrogens with one attached hydrogen (secondary N) is 1. The normalized spacial score (nSPS) is 22.2. The largest absolute Gasteiger partial charge is 0.349 e. The zero-order valence-electron chi connectivity index (χ0n) is 10.7. The van der Waals surface area contributed by atoms with E-state index in [-0.39, 0.29) is 11.6 Å². The van der Waals surface area contributed by atoms with Crippen molar-refractivity contribution in [3.05, 3.63) is 28.5 Å². The van der Waals surface area contributed by atoms with E-state index in [2.05, 4.69) is 12.2 Å². The molecule has 0 unspecified atom stereocenters. The summed E-state index contributed by atoms with van der Waals surface area (Å²) in [7, 11) is -4.11. The second-order valence-electron chi connectivity index (χ2n) is 5.06. The molecule has 0 saturated heterocycles. The summed E-state index contributed by atoms with van der Waals surface area (Å²) >= 11 is 5.71. The predicted octanol–water partition coefficient (Wildman–Crippen LogP) is 1.65. The van der Waals surface area contributed by atoms with Crippen LogP contribution in [0.2, 0.25) is 5.02 Å². The van der Waals surface area contributed by atoms with Crippen molar-refractivity contribution in [2.45, 2.75) is 30.7 Å². The fourth-order valence-electron chi connectivity index (χ4n) is 2.18. The average molecular weight is 321 g/mol. The molecule has 1 amide bonds. The Labute approximate surface area is 121 Å². The van der Waals surface area contributed by atoms with Gasteiger partial charge in [0.2, 0.25) is 10.0 Å². The van der Waals surface area contributed by atoms with Gasteiger partial charge < -0.3 is 5.32 Å². The molecule has 0 aliphatic heterocycles. The fourth-order valence-corrected chi connectivity index (χ4v) is 2.92. The van der Waals surface area contributed by atoms with Crippen LogP contribution in [0, 0.1) is 11.7 Å². The molecule has 0 spiro atoms. The zero-order valence-corrected chi connectivity index (χ0v) is 12.3. The van der Waals surface area contributed by atoms with Crippen LogP contribution >= 0.6 is 11.6 Å². The molecule has 20 heavy (non-hydrogen) atoms. The minimum absolute atomic E-state index is 0.00904. The van der Waals surface area contributed by atoms with Crippen LogP contribution in [0.4, 0.5) is 4.39 Å². The van der Waals surface area contributed by atoms with E-state index in [1.165, 1.54) is 0 Å². The van der Waals surface area contributed by atoms with Gasteiger partial charge in [-0.05, 0) is 30.9 Å². The van der Waals surface area contributed by atoms with E-state index >= 15 is 0 Å². The van der Waals surface area contributed by atoms with Gasteiger partial charge in [-0.1, -0.05) is 18.5 Å². The van der Waals surface area contributed by atoms with Gasteiger partial charge >= 0.3 is 0 Å². The summed E-state index contributed by atoms with van der Waals surface area (Å²) in [6, 6.07) is 1.69. The van der Waals surface area contributed by atoms with Crippen molar-refractivity contribution in [2.24, 2.45) is 11.1 Å². The van der Waals surface area contributed by atoms with Gasteiger partial charge in [-0.25, -0.2) is 17.9 Å². The summed E-state index contributed by atoms with van der Waals surface area (Å²) in [5.74, 6) is -1.06. The Kier molecular flexibility index (Phi) is 4.04. The van der Waals surface area contributed by atoms with Crippen molar-refractivity contribution in [1.82, 2.24) is 5.32 Å². The van der Waals surface area contributed by atoms with Gasteiger partial charge in [-0.2, -0.15) is 0 Å². The molecule has 0 bridgehead atoms. The first kappa shape index (κ1) is 15.2. The third-order valence-corrected chi connectivity index (χ3v) is 4.56. The first-order valence-electron chi connectivity index (χ1n) is 6.01. The standard InChI is InChI=1S/C12H14ClFN2O3S/c1-6-2-7(3-6)16-12(17)9-4-8(20(15,18)19)5-10(14)11(9)13/h4-7H,2-3H2,1H3,(H,16,17)(H2,15,18,19). The van der Waals surface area contributed by atoms with Crippen LogP contribution in [0.5, 0.6) is 0 Å². The van der Waals surface area contributed by atoms with Gasteiger partial charge in [0.15, 0.2) is 0 Å². The highest BCUT2D eigenvalue weighted by molar-refractivity contribution is 7.89. The number of hydrogen-bond acceptors (Lipinski definition) is 3. The van der Waals surface area contributed by atoms with E-state index in [0.29, 0.717) is 12.0 Å². The molecule has 1 aromatic carbocycles. The molecule has 0 atom stereocenters. The Balaban J connectivity index is 2.30. The molecule has 110 valence electrons. The van der Waals surface area contributed by atoms with Crippen LogP contribution in [0.15, 0.2) is 17.0 Å². The van der Waals surface area contributed by atoms with Crippen molar-refractivity contribution in [1.29, 1.82) is 0 Å². The first-order valence-corrected chi connectivity index (χ1v) is 7.93. The SMILES string of the molecule is CC1CC(NC(=O)c2cc(S(N)(=O)=O)cc(F)c2Cl)C1. The topological polar surface area (TPSA) is 89.3 Å². The van der Waals surface area contributed by atoms with E-state index in [1.54, 1.807) is 0 Å². The van der Waals surface area contributed by atoms with Crippen LogP contribution in [-0.4, -0.2) is 20.4 Å². The molecule has 8 heteroatoms. The van der Waals surface area contributed by atoms with Crippen LogP contribution in [-0.2, 0) is 10.0 Å². The van der Waals surface area contributed by atoms with E-state index in [4.69, 9.17) is 16.7 Å². The molecule has 0 radical (unpaired) electrons. The summed E-state index contributed by atoms with van der Waals surface area (Å²) < 4.78 is 36.1. The quantitative estimate of drug-likeness (QED) is 0.887. The number of carbonyl (C=O) groups excluding carboxylic acids is 1. The number of nitrogens with two attached hydrogens (primary N) is 1. The van der Waals surface area contributed by atoms with Gasteiger partial charge in [0.25, 0.3) is 5.91 Å². The van der Waals surface area contributed by atoms with Crippen molar-refractivity contribution in [3.8, 4) is 0 Å². The summed E-state index contributed by atoms with van der Waals surface area (Å²) in [4.78, 5) is 11.5. The van der Waals surface area contributed by atoms with Crippen LogP contribution in [0.1, 0.15) is 30.1 Å². The second kappa shape index (κ2) is 5.31. The smallest absolute Gasteiger partial charge is 0.253 e. The summed E-state index contributed by atoms with van der Waals surface area (Å²) in [5.41, 5.74) is -0.227. The molecule has 1 aliphatic carbocycles. The maximum Gasteiger partial charge on any atom is 0.253 e. The van der Waals surface area contributed by atoms with Gasteiger partial charge in [-0.3, -0.25) is 4.79 Å². The molecule has 2 rings (SSSR count). The number of sulfonamides is 1. The maximum atomic E-state index is 13.6. The van der Waals surface area contributed by atoms with E-state index in [1.807, 2.05) is 0 Å². The van der Waals surface area contributed by atoms with Crippen molar-refractivity contribution in [3.63, 3.8) is 0 Å². The Morgan fingerprint density at radius 1 is 1.45 bits per heavy atom. The number of amides is 1. The van der Waals surface area contributed by atoms with E-state index in [0.717, 1.165) is 18.9 Å². The van der Waals surface area contributed by atoms with Crippen molar-refractivity contribution < 1.29 is 17.6 Å². The first-order chi connectivity index (χ1) is 9.18. The lowest BCUT2D eigenvalue weighted by molar-refractivity contribution is 0.0895. The molecule has 3 N–H and O–H groups in total. The van der Waals surface area contributed by atoms with E-state index < -0.39 is 31.7 Å². The highest BCUT2D eigenvalue weighted by Crippen LogP contribution is 2.28. The third kappa shape index (κ3) is 3.11. The minimum atomic E-state index is -4.11. The van der Waals surface area contributed by atoms with Crippen molar-refractivity contribution in [2.75, 3.05) is 0 Å². The fraction of sp³-hybridized carbons (Fsp3) is 0.417. The highest BCUT2D eigenvalue weighted by atomic mass is 35.5. The lowest BCUT2D eigenvalue weighted by Gasteiger charge is -2.33. The van der Waals surface area contributed by atoms with Gasteiger partial charge in [0, 0.05) is 6.04 Å². The lowest BCUT2D eigenvalue weighted by atomic mass is 9.82. The van der Waals surface area contributed by atoms with Gasteiger partial charge in [0.1, 0.15) is 5.82 Å². The number of benzene rings is 1. The molecular weight excluding hydrogens is 307 g/mol. The number of rotatable bonds is 3. The summed E-state index contributed by atoms with van der Waals surface area (Å²) in [6.07, 6.45) is 1.67. The summed E-state index contributed by atoms with van der Waals surface area (Å²) in [5, 5.41) is 7.20. The van der Waals surface area contributed by atoms with Crippen molar-refractivity contribution >= 4 is 27.5 Å². The third-order valence-electron chi connectivity index (χ3n) is 3.28. The molecule has 1 aliphatic rings. The number of hydrogen-bond donors (Lipinski definition) is 2. The Hall–Kier alpha value is -1.18. The number of carbonyl (C=O) groups is 1. The maximum absolute atomic E-state index is 13.6. The minimum Gasteiger partial charge on any atom is -0.349 e. The molecule has 1 aromatic rings. The predicted molar refractivity (Wildman–Crippen MR) is 72.4 cm³/mol. The number of halogens is 2. The second-order valence-corrected chi connectivity index (χ2v) is 7.00. The van der Waals surface area contributed by atoms with E-state index in [9.17, 15) is 17.6 Å². The van der Waals surface area contributed by atoms with Crippen LogP contribution in [0.25, 0.3) is 0 Å². The molecule has 5 nitrogen and oxygen atoms in total. The highest BCUT2D eigenvalue weighted by Gasteiger charge is 2.28. The summed E-state index contributed by atoms with van der Waals surface area (Å²) in [6.45, 7) is 2.05. The zero-order chi connectivity index (χ0) is 15.1. The Morgan fingerprint density at radius 3 is 2.55 bits per heavy atom.